The zero-order valence-corrected chi connectivity index (χ0v) is 31.0. The smallest absolute Gasteiger partial charge is 0.297 e. The number of nitrogens with two attached hydrogens (primary N) is 4. The van der Waals surface area contributed by atoms with Gasteiger partial charge < -0.3 is 22.9 Å². The maximum absolute atomic E-state index is 12.3. The van der Waals surface area contributed by atoms with Gasteiger partial charge in [0.2, 0.25) is 0 Å². The van der Waals surface area contributed by atoms with Crippen LogP contribution in [0.25, 0.3) is 32.7 Å². The molecule has 0 radical (unpaired) electrons. The monoisotopic (exact) mass is 766 g/mol. The third-order valence-electron chi connectivity index (χ3n) is 9.00. The fourth-order valence-electron chi connectivity index (χ4n) is 6.53. The standard InChI is InChI=1S/C38H38N8O6S2/c1-3-9-23-19-21(15-17-29(23)43-45-35-31(39)25-11-5-7-13-27(25)37(33(35)41)53(47,48)49)22-16-18-30(24(20-22)10-4-2)44-46-36-32(40)26-12-6-8-14-28(26)38(34(36)42)54(50,51)52/h5-8,11-20H,3-4,9-10,39-42H2,1-2H3,(H,47,48,49)(H,50,51,52). The van der Waals surface area contributed by atoms with Crippen LogP contribution in [0.3, 0.4) is 0 Å². The van der Waals surface area contributed by atoms with Crippen LogP contribution in [0.5, 0.6) is 0 Å². The highest BCUT2D eigenvalue weighted by Crippen LogP contribution is 2.45. The summed E-state index contributed by atoms with van der Waals surface area (Å²) in [4.78, 5) is -0.966. The van der Waals surface area contributed by atoms with E-state index in [4.69, 9.17) is 22.9 Å². The van der Waals surface area contributed by atoms with E-state index in [1.807, 2.05) is 38.1 Å². The van der Waals surface area contributed by atoms with Crippen molar-refractivity contribution < 1.29 is 25.9 Å². The van der Waals surface area contributed by atoms with Crippen LogP contribution in [-0.4, -0.2) is 25.9 Å². The van der Waals surface area contributed by atoms with Gasteiger partial charge in [-0.25, -0.2) is 0 Å². The molecule has 0 aliphatic rings. The van der Waals surface area contributed by atoms with Crippen LogP contribution in [0.4, 0.5) is 45.5 Å². The number of benzene rings is 6. The number of hydrogen-bond donors (Lipinski definition) is 6. The largest absolute Gasteiger partial charge is 0.396 e. The molecule has 54 heavy (non-hydrogen) atoms. The Balaban J connectivity index is 1.38. The Morgan fingerprint density at radius 1 is 0.500 bits per heavy atom. The lowest BCUT2D eigenvalue weighted by molar-refractivity contribution is 0.482. The summed E-state index contributed by atoms with van der Waals surface area (Å²) in [5, 5.41) is 18.5. The number of hydrogen-bond acceptors (Lipinski definition) is 12. The van der Waals surface area contributed by atoms with Gasteiger partial charge in [0.05, 0.1) is 34.1 Å². The molecular formula is C38H38N8O6S2. The van der Waals surface area contributed by atoms with E-state index in [1.165, 1.54) is 12.1 Å². The summed E-state index contributed by atoms with van der Waals surface area (Å²) < 4.78 is 69.3. The van der Waals surface area contributed by atoms with Gasteiger partial charge in [0.15, 0.2) is 0 Å². The third-order valence-corrected chi connectivity index (χ3v) is 10.9. The average molecular weight is 767 g/mol. The fourth-order valence-corrected chi connectivity index (χ4v) is 8.19. The average Bonchev–Trinajstić information content (AvgIpc) is 3.11. The van der Waals surface area contributed by atoms with Crippen LogP contribution in [-0.2, 0) is 33.1 Å². The Bertz CT molecular complexity index is 2560. The van der Waals surface area contributed by atoms with Crippen LogP contribution >= 0.6 is 0 Å². The van der Waals surface area contributed by atoms with E-state index in [1.54, 1.807) is 48.5 Å². The maximum Gasteiger partial charge on any atom is 0.297 e. The number of nitrogens with zero attached hydrogens (tertiary/aromatic N) is 4. The van der Waals surface area contributed by atoms with Crippen molar-refractivity contribution in [1.29, 1.82) is 0 Å². The molecule has 0 heterocycles. The summed E-state index contributed by atoms with van der Waals surface area (Å²) in [6, 6.07) is 24.2. The Morgan fingerprint density at radius 3 is 1.19 bits per heavy atom. The van der Waals surface area contributed by atoms with Crippen LogP contribution in [0.1, 0.15) is 37.8 Å². The summed E-state index contributed by atoms with van der Waals surface area (Å²) in [5.74, 6) is 0. The van der Waals surface area contributed by atoms with Crippen LogP contribution < -0.4 is 22.9 Å². The summed E-state index contributed by atoms with van der Waals surface area (Å²) >= 11 is 0. The van der Waals surface area contributed by atoms with Crippen molar-refractivity contribution in [1.82, 2.24) is 0 Å². The lowest BCUT2D eigenvalue weighted by atomic mass is 9.96. The Hall–Kier alpha value is -5.94. The lowest BCUT2D eigenvalue weighted by Crippen LogP contribution is -2.06. The number of nitrogen functional groups attached to an aromatic ring is 4. The molecule has 14 nitrogen and oxygen atoms in total. The van der Waals surface area contributed by atoms with Gasteiger partial charge in [-0.3, -0.25) is 9.11 Å². The van der Waals surface area contributed by atoms with Crippen molar-refractivity contribution in [2.75, 3.05) is 22.9 Å². The molecule has 0 spiro atoms. The van der Waals surface area contributed by atoms with E-state index in [2.05, 4.69) is 20.5 Å². The predicted octanol–water partition coefficient (Wildman–Crippen LogP) is 9.22. The van der Waals surface area contributed by atoms with E-state index >= 15 is 0 Å². The highest BCUT2D eigenvalue weighted by molar-refractivity contribution is 7.86. The van der Waals surface area contributed by atoms with Crippen molar-refractivity contribution in [2.45, 2.75) is 49.3 Å². The summed E-state index contributed by atoms with van der Waals surface area (Å²) in [7, 11) is -9.44. The van der Waals surface area contributed by atoms with E-state index in [-0.39, 0.29) is 44.9 Å². The van der Waals surface area contributed by atoms with Gasteiger partial charge in [-0.2, -0.15) is 27.1 Å². The molecule has 0 unspecified atom stereocenters. The molecule has 0 aliphatic carbocycles. The Labute approximate surface area is 312 Å². The number of fused-ring (bicyclic) bond motifs is 2. The first kappa shape index (κ1) is 37.8. The first-order valence-electron chi connectivity index (χ1n) is 16.9. The summed E-state index contributed by atoms with van der Waals surface area (Å²) in [6.07, 6.45) is 2.88. The van der Waals surface area contributed by atoms with Gasteiger partial charge in [-0.05, 0) is 59.4 Å². The quantitative estimate of drug-likeness (QED) is 0.0413. The number of anilines is 4. The minimum Gasteiger partial charge on any atom is -0.396 e. The minimum absolute atomic E-state index is 0.0665. The molecule has 0 saturated heterocycles. The normalized spacial score (nSPS) is 12.4. The van der Waals surface area contributed by atoms with Crippen molar-refractivity contribution in [3.63, 3.8) is 0 Å². The lowest BCUT2D eigenvalue weighted by Gasteiger charge is -2.14. The molecule has 278 valence electrons. The molecule has 0 fully saturated rings. The minimum atomic E-state index is -4.72. The molecule has 0 aromatic heterocycles. The van der Waals surface area contributed by atoms with Gasteiger partial charge in [0, 0.05) is 21.5 Å². The fraction of sp³-hybridized carbons (Fsp3) is 0.158. The molecule has 0 bridgehead atoms. The molecule has 0 amide bonds. The van der Waals surface area contributed by atoms with Crippen LogP contribution in [0.2, 0.25) is 0 Å². The second kappa shape index (κ2) is 14.8. The zero-order valence-electron chi connectivity index (χ0n) is 29.4. The topological polar surface area (TPSA) is 262 Å². The van der Waals surface area contributed by atoms with E-state index in [0.29, 0.717) is 35.0 Å². The van der Waals surface area contributed by atoms with Gasteiger partial charge in [0.1, 0.15) is 21.2 Å². The summed E-state index contributed by atoms with van der Waals surface area (Å²) in [5.41, 5.74) is 29.3. The van der Waals surface area contributed by atoms with Gasteiger partial charge >= 0.3 is 0 Å². The molecule has 6 rings (SSSR count). The molecule has 0 saturated carbocycles. The third kappa shape index (κ3) is 7.19. The van der Waals surface area contributed by atoms with E-state index in [9.17, 15) is 25.9 Å². The Morgan fingerprint density at radius 2 is 0.852 bits per heavy atom. The predicted molar refractivity (Wildman–Crippen MR) is 213 cm³/mol. The first-order chi connectivity index (χ1) is 25.6. The van der Waals surface area contributed by atoms with Crippen molar-refractivity contribution >= 4 is 87.3 Å². The first-order valence-corrected chi connectivity index (χ1v) is 19.8. The zero-order chi connectivity index (χ0) is 38.9. The molecule has 0 aliphatic heterocycles. The van der Waals surface area contributed by atoms with Crippen molar-refractivity contribution in [2.24, 2.45) is 20.5 Å². The molecule has 16 heteroatoms. The van der Waals surface area contributed by atoms with Crippen LogP contribution in [0.15, 0.2) is 115 Å². The second-order valence-electron chi connectivity index (χ2n) is 12.6. The Kier molecular flexibility index (Phi) is 10.4. The van der Waals surface area contributed by atoms with Gasteiger partial charge in [-0.15, -0.1) is 10.2 Å². The van der Waals surface area contributed by atoms with E-state index in [0.717, 1.165) is 35.1 Å². The van der Waals surface area contributed by atoms with Crippen LogP contribution in [0, 0.1) is 0 Å². The highest BCUT2D eigenvalue weighted by Gasteiger charge is 2.25. The van der Waals surface area contributed by atoms with Crippen molar-refractivity contribution in [3.8, 4) is 11.1 Å². The SMILES string of the molecule is CCCc1cc(-c2ccc(N=Nc3c(N)c(S(=O)(=O)O)c4ccccc4c3N)c(CCC)c2)ccc1N=Nc1c(N)c(S(=O)(=O)O)c2ccccc2c1N. The number of azo groups is 2. The van der Waals surface area contributed by atoms with Crippen molar-refractivity contribution in [3.05, 3.63) is 96.1 Å². The molecular weight excluding hydrogens is 729 g/mol. The number of aryl methyl sites for hydroxylation is 2. The van der Waals surface area contributed by atoms with Gasteiger partial charge in [-0.1, -0.05) is 87.4 Å². The molecule has 0 atom stereocenters. The van der Waals surface area contributed by atoms with Gasteiger partial charge in [0.25, 0.3) is 20.2 Å². The molecule has 10 N–H and O–H groups in total. The maximum atomic E-state index is 12.3. The highest BCUT2D eigenvalue weighted by atomic mass is 32.2. The van der Waals surface area contributed by atoms with E-state index < -0.39 is 30.0 Å². The second-order valence-corrected chi connectivity index (χ2v) is 15.4. The molecule has 6 aromatic carbocycles. The molecule has 6 aromatic rings. The number of rotatable bonds is 11. The summed E-state index contributed by atoms with van der Waals surface area (Å²) in [6.45, 7) is 4.05.